The number of carbonyl (C=O) groups excluding carboxylic acids is 1. The van der Waals surface area contributed by atoms with Gasteiger partial charge in [-0.2, -0.15) is 13.2 Å². The molecule has 0 aliphatic rings. The van der Waals surface area contributed by atoms with Gasteiger partial charge in [0.2, 0.25) is 0 Å². The van der Waals surface area contributed by atoms with Crippen LogP contribution in [0.3, 0.4) is 0 Å². The molecule has 0 bridgehead atoms. The normalized spacial score (nSPS) is 11.2. The molecule has 0 amide bonds. The molecule has 0 aliphatic heterocycles. The summed E-state index contributed by atoms with van der Waals surface area (Å²) in [5.41, 5.74) is -0.866. The van der Waals surface area contributed by atoms with Crippen molar-refractivity contribution in [2.24, 2.45) is 0 Å². The van der Waals surface area contributed by atoms with E-state index in [1.165, 1.54) is 19.2 Å². The Bertz CT molecular complexity index is 762. The van der Waals surface area contributed by atoms with Crippen LogP contribution in [-0.4, -0.2) is 19.4 Å². The SMILES string of the molecule is COc1ccc(C(=O)CNc2cc(C(F)(F)F)ccc2Cl)cc1F. The first-order chi connectivity index (χ1) is 11.2. The zero-order valence-electron chi connectivity index (χ0n) is 12.4. The monoisotopic (exact) mass is 361 g/mol. The molecule has 8 heteroatoms. The Hall–Kier alpha value is -2.28. The third-order valence-electron chi connectivity index (χ3n) is 3.21. The molecule has 128 valence electrons. The second-order valence-corrected chi connectivity index (χ2v) is 5.23. The van der Waals surface area contributed by atoms with Gasteiger partial charge in [0.15, 0.2) is 17.3 Å². The first-order valence-corrected chi connectivity index (χ1v) is 7.07. The molecular weight excluding hydrogens is 350 g/mol. The Balaban J connectivity index is 2.13. The van der Waals surface area contributed by atoms with Gasteiger partial charge in [0.1, 0.15) is 0 Å². The van der Waals surface area contributed by atoms with Crippen LogP contribution in [0.2, 0.25) is 5.02 Å². The summed E-state index contributed by atoms with van der Waals surface area (Å²) in [4.78, 5) is 12.0. The van der Waals surface area contributed by atoms with Gasteiger partial charge < -0.3 is 10.1 Å². The van der Waals surface area contributed by atoms with Crippen molar-refractivity contribution in [3.63, 3.8) is 0 Å². The van der Waals surface area contributed by atoms with Crippen LogP contribution in [0.5, 0.6) is 5.75 Å². The van der Waals surface area contributed by atoms with Gasteiger partial charge in [-0.1, -0.05) is 11.6 Å². The maximum atomic E-state index is 13.6. The number of ketones is 1. The lowest BCUT2D eigenvalue weighted by Gasteiger charge is -2.12. The lowest BCUT2D eigenvalue weighted by molar-refractivity contribution is -0.137. The van der Waals surface area contributed by atoms with E-state index in [9.17, 15) is 22.4 Å². The highest BCUT2D eigenvalue weighted by atomic mass is 35.5. The van der Waals surface area contributed by atoms with Crippen LogP contribution in [0.4, 0.5) is 23.2 Å². The summed E-state index contributed by atoms with van der Waals surface area (Å²) in [6, 6.07) is 6.39. The molecule has 0 aromatic heterocycles. The minimum absolute atomic E-state index is 0.0135. The molecular formula is C16H12ClF4NO2. The fourth-order valence-corrected chi connectivity index (χ4v) is 2.14. The molecule has 2 rings (SSSR count). The summed E-state index contributed by atoms with van der Waals surface area (Å²) in [6.07, 6.45) is -4.52. The quantitative estimate of drug-likeness (QED) is 0.614. The summed E-state index contributed by atoms with van der Waals surface area (Å²) >= 11 is 5.82. The smallest absolute Gasteiger partial charge is 0.416 e. The van der Waals surface area contributed by atoms with E-state index >= 15 is 0 Å². The zero-order chi connectivity index (χ0) is 17.9. The van der Waals surface area contributed by atoms with Crippen LogP contribution in [0.25, 0.3) is 0 Å². The predicted octanol–water partition coefficient (Wildman–Crippen LogP) is 4.80. The highest BCUT2D eigenvalue weighted by Gasteiger charge is 2.31. The van der Waals surface area contributed by atoms with Crippen molar-refractivity contribution in [3.8, 4) is 5.75 Å². The van der Waals surface area contributed by atoms with E-state index in [1.54, 1.807) is 0 Å². The van der Waals surface area contributed by atoms with Gasteiger partial charge in [-0.25, -0.2) is 4.39 Å². The maximum absolute atomic E-state index is 13.6. The van der Waals surface area contributed by atoms with E-state index < -0.39 is 23.3 Å². The van der Waals surface area contributed by atoms with Gasteiger partial charge in [0.05, 0.1) is 29.9 Å². The molecule has 3 nitrogen and oxygen atoms in total. The molecule has 0 spiro atoms. The largest absolute Gasteiger partial charge is 0.494 e. The van der Waals surface area contributed by atoms with Crippen LogP contribution >= 0.6 is 11.6 Å². The molecule has 2 aromatic rings. The van der Waals surface area contributed by atoms with E-state index in [4.69, 9.17) is 16.3 Å². The zero-order valence-corrected chi connectivity index (χ0v) is 13.1. The fourth-order valence-electron chi connectivity index (χ4n) is 1.95. The Labute approximate surface area is 140 Å². The molecule has 1 N–H and O–H groups in total. The number of nitrogens with one attached hydrogen (secondary N) is 1. The number of hydrogen-bond donors (Lipinski definition) is 1. The molecule has 0 fully saturated rings. The predicted molar refractivity (Wildman–Crippen MR) is 82.2 cm³/mol. The van der Waals surface area contributed by atoms with Gasteiger partial charge >= 0.3 is 6.18 Å². The van der Waals surface area contributed by atoms with Crippen LogP contribution in [0.1, 0.15) is 15.9 Å². The Morgan fingerprint density at radius 1 is 1.21 bits per heavy atom. The van der Waals surface area contributed by atoms with Crippen LogP contribution < -0.4 is 10.1 Å². The van der Waals surface area contributed by atoms with Crippen LogP contribution in [-0.2, 0) is 6.18 Å². The van der Waals surface area contributed by atoms with Gasteiger partial charge in [0, 0.05) is 5.56 Å². The number of ether oxygens (including phenoxy) is 1. The Morgan fingerprint density at radius 2 is 1.92 bits per heavy atom. The highest BCUT2D eigenvalue weighted by Crippen LogP contribution is 2.33. The van der Waals surface area contributed by atoms with Crippen molar-refractivity contribution >= 4 is 23.1 Å². The second kappa shape index (κ2) is 7.09. The number of benzene rings is 2. The van der Waals surface area contributed by atoms with Crippen molar-refractivity contribution in [2.45, 2.75) is 6.18 Å². The highest BCUT2D eigenvalue weighted by molar-refractivity contribution is 6.33. The summed E-state index contributed by atoms with van der Waals surface area (Å²) in [6.45, 7) is -0.340. The summed E-state index contributed by atoms with van der Waals surface area (Å²) in [7, 11) is 1.29. The van der Waals surface area contributed by atoms with Crippen molar-refractivity contribution < 1.29 is 27.1 Å². The minimum atomic E-state index is -4.52. The lowest BCUT2D eigenvalue weighted by atomic mass is 10.1. The van der Waals surface area contributed by atoms with E-state index in [0.29, 0.717) is 0 Å². The number of rotatable bonds is 5. The number of Topliss-reactive ketones (excluding diaryl/α,β-unsaturated/α-hetero) is 1. The molecule has 2 aromatic carbocycles. The number of methoxy groups -OCH3 is 1. The molecule has 0 unspecified atom stereocenters. The summed E-state index contributed by atoms with van der Waals surface area (Å²) < 4.78 is 56.4. The molecule has 0 radical (unpaired) electrons. The van der Waals surface area contributed by atoms with Gasteiger partial charge in [-0.05, 0) is 36.4 Å². The maximum Gasteiger partial charge on any atom is 0.416 e. The summed E-state index contributed by atoms with van der Waals surface area (Å²) in [5, 5.41) is 2.58. The van der Waals surface area contributed by atoms with E-state index in [0.717, 1.165) is 24.3 Å². The standard InChI is InChI=1S/C16H12ClF4NO2/c1-24-15-5-2-9(6-12(15)18)14(23)8-22-13-7-10(16(19,20)21)3-4-11(13)17/h2-7,22H,8H2,1H3. The van der Waals surface area contributed by atoms with Gasteiger partial charge in [0.25, 0.3) is 0 Å². The average Bonchev–Trinajstić information content (AvgIpc) is 2.52. The van der Waals surface area contributed by atoms with Crippen molar-refractivity contribution in [1.29, 1.82) is 0 Å². The number of halogens is 5. The number of anilines is 1. The molecule has 0 saturated heterocycles. The van der Waals surface area contributed by atoms with Crippen molar-refractivity contribution in [3.05, 3.63) is 58.4 Å². The topological polar surface area (TPSA) is 38.3 Å². The molecule has 24 heavy (non-hydrogen) atoms. The molecule has 0 heterocycles. The van der Waals surface area contributed by atoms with Crippen LogP contribution in [0, 0.1) is 5.82 Å². The second-order valence-electron chi connectivity index (χ2n) is 4.82. The summed E-state index contributed by atoms with van der Waals surface area (Å²) in [5.74, 6) is -1.23. The molecule has 0 atom stereocenters. The third kappa shape index (κ3) is 4.17. The average molecular weight is 362 g/mol. The lowest BCUT2D eigenvalue weighted by Crippen LogP contribution is -2.15. The number of hydrogen-bond acceptors (Lipinski definition) is 3. The number of alkyl halides is 3. The van der Waals surface area contributed by atoms with Crippen molar-refractivity contribution in [1.82, 2.24) is 0 Å². The molecule has 0 saturated carbocycles. The Morgan fingerprint density at radius 3 is 2.50 bits per heavy atom. The van der Waals surface area contributed by atoms with Crippen LogP contribution in [0.15, 0.2) is 36.4 Å². The third-order valence-corrected chi connectivity index (χ3v) is 3.54. The van der Waals surface area contributed by atoms with E-state index in [1.807, 2.05) is 0 Å². The molecule has 0 aliphatic carbocycles. The van der Waals surface area contributed by atoms with E-state index in [-0.39, 0.29) is 28.6 Å². The number of carbonyl (C=O) groups is 1. The minimum Gasteiger partial charge on any atom is -0.494 e. The first kappa shape index (κ1) is 18.1. The fraction of sp³-hybridized carbons (Fsp3) is 0.188. The van der Waals surface area contributed by atoms with E-state index in [2.05, 4.69) is 5.32 Å². The van der Waals surface area contributed by atoms with Crippen molar-refractivity contribution in [2.75, 3.05) is 19.0 Å². The van der Waals surface area contributed by atoms with Gasteiger partial charge in [-0.3, -0.25) is 4.79 Å². The first-order valence-electron chi connectivity index (χ1n) is 6.69. The van der Waals surface area contributed by atoms with Gasteiger partial charge in [-0.15, -0.1) is 0 Å². The Kier molecular flexibility index (Phi) is 5.33.